The van der Waals surface area contributed by atoms with Gasteiger partial charge in [-0.15, -0.1) is 0 Å². The van der Waals surface area contributed by atoms with Crippen molar-refractivity contribution in [2.24, 2.45) is 17.6 Å². The highest BCUT2D eigenvalue weighted by molar-refractivity contribution is 7.89. The number of primary amides is 1. The average Bonchev–Trinajstić information content (AvgIpc) is 3.49. The van der Waals surface area contributed by atoms with Crippen LogP contribution in [-0.4, -0.2) is 79.3 Å². The standard InChI is InChI=1S/C30H42FN5O5S/c1-18(2)17-41-24-11-21(10-22(31)12-24)25-13-26(42(39,40)35-9-8-23(16-35)34(7)20(4)37)27(28(32)38)29(33-25)36-15-19(3)14-30(36,5)6/h10-13,18-19,23H,8-9,14-17H2,1-7H3,(H2,32,38). The summed E-state index contributed by atoms with van der Waals surface area (Å²) in [6, 6.07) is 5.14. The number of aromatic nitrogens is 1. The van der Waals surface area contributed by atoms with Crippen LogP contribution in [0.2, 0.25) is 0 Å². The number of ether oxygens (including phenoxy) is 1. The first-order valence-corrected chi connectivity index (χ1v) is 15.7. The molecule has 2 aliphatic rings. The van der Waals surface area contributed by atoms with Gasteiger partial charge in [-0.25, -0.2) is 17.8 Å². The van der Waals surface area contributed by atoms with E-state index in [-0.39, 0.29) is 64.6 Å². The molecule has 0 aliphatic carbocycles. The minimum Gasteiger partial charge on any atom is -0.493 e. The summed E-state index contributed by atoms with van der Waals surface area (Å²) >= 11 is 0. The smallest absolute Gasteiger partial charge is 0.253 e. The molecule has 1 aromatic carbocycles. The Balaban J connectivity index is 1.92. The number of hydrogen-bond acceptors (Lipinski definition) is 7. The third-order valence-electron chi connectivity index (χ3n) is 8.08. The van der Waals surface area contributed by atoms with Gasteiger partial charge in [0.2, 0.25) is 15.9 Å². The maximum Gasteiger partial charge on any atom is 0.253 e. The molecule has 0 spiro atoms. The van der Waals surface area contributed by atoms with E-state index in [1.54, 1.807) is 13.1 Å². The second-order valence-electron chi connectivity index (χ2n) is 12.6. The molecule has 0 saturated carbocycles. The molecule has 4 rings (SSSR count). The van der Waals surface area contributed by atoms with Crippen molar-refractivity contribution in [2.45, 2.75) is 70.9 Å². The first-order valence-electron chi connectivity index (χ1n) is 14.3. The van der Waals surface area contributed by atoms with E-state index in [2.05, 4.69) is 6.92 Å². The number of halogens is 1. The molecule has 2 amide bonds. The van der Waals surface area contributed by atoms with Gasteiger partial charge in [-0.2, -0.15) is 4.31 Å². The molecule has 2 aromatic rings. The van der Waals surface area contributed by atoms with Gasteiger partial charge in [0.05, 0.1) is 12.3 Å². The molecule has 2 fully saturated rings. The number of nitrogens with two attached hydrogens (primary N) is 1. The molecule has 3 heterocycles. The Morgan fingerprint density at radius 3 is 2.48 bits per heavy atom. The number of anilines is 1. The third kappa shape index (κ3) is 6.39. The van der Waals surface area contributed by atoms with Crippen LogP contribution in [-0.2, 0) is 14.8 Å². The van der Waals surface area contributed by atoms with E-state index in [0.717, 1.165) is 6.42 Å². The number of amides is 2. The van der Waals surface area contributed by atoms with Crippen LogP contribution in [0, 0.1) is 17.7 Å². The Morgan fingerprint density at radius 1 is 1.21 bits per heavy atom. The highest BCUT2D eigenvalue weighted by Crippen LogP contribution is 2.41. The van der Waals surface area contributed by atoms with Crippen LogP contribution in [0.5, 0.6) is 5.75 Å². The van der Waals surface area contributed by atoms with E-state index in [1.165, 1.54) is 34.3 Å². The fourth-order valence-electron chi connectivity index (χ4n) is 5.94. The minimum atomic E-state index is -4.28. The number of carbonyl (C=O) groups is 2. The van der Waals surface area contributed by atoms with Gasteiger partial charge in [-0.1, -0.05) is 20.8 Å². The molecular weight excluding hydrogens is 561 g/mol. The first-order chi connectivity index (χ1) is 19.5. The highest BCUT2D eigenvalue weighted by Gasteiger charge is 2.43. The maximum atomic E-state index is 14.8. The Morgan fingerprint density at radius 2 is 1.90 bits per heavy atom. The zero-order valence-corrected chi connectivity index (χ0v) is 26.3. The summed E-state index contributed by atoms with van der Waals surface area (Å²) in [6.45, 7) is 12.6. The summed E-state index contributed by atoms with van der Waals surface area (Å²) in [5, 5.41) is 0. The predicted octanol–water partition coefficient (Wildman–Crippen LogP) is 3.89. The lowest BCUT2D eigenvalue weighted by Crippen LogP contribution is -2.41. The lowest BCUT2D eigenvalue weighted by molar-refractivity contribution is -0.129. The van der Waals surface area contributed by atoms with Crippen LogP contribution < -0.4 is 15.4 Å². The molecule has 1 aromatic heterocycles. The van der Waals surface area contributed by atoms with E-state index < -0.39 is 27.3 Å². The van der Waals surface area contributed by atoms with Gasteiger partial charge >= 0.3 is 0 Å². The number of nitrogens with zero attached hydrogens (tertiary/aromatic N) is 4. The van der Waals surface area contributed by atoms with Crippen molar-refractivity contribution in [3.05, 3.63) is 35.6 Å². The summed E-state index contributed by atoms with van der Waals surface area (Å²) in [4.78, 5) is 33.0. The fraction of sp³-hybridized carbons (Fsp3) is 0.567. The second-order valence-corrected chi connectivity index (χ2v) is 14.5. The monoisotopic (exact) mass is 603 g/mol. The zero-order chi connectivity index (χ0) is 31.1. The van der Waals surface area contributed by atoms with Crippen LogP contribution in [0.3, 0.4) is 0 Å². The Kier molecular flexibility index (Phi) is 8.90. The number of sulfonamides is 1. The third-order valence-corrected chi connectivity index (χ3v) is 9.97. The van der Waals surface area contributed by atoms with Crippen LogP contribution in [0.1, 0.15) is 64.7 Å². The lowest BCUT2D eigenvalue weighted by atomic mass is 9.97. The van der Waals surface area contributed by atoms with Crippen molar-refractivity contribution in [3.63, 3.8) is 0 Å². The summed E-state index contributed by atoms with van der Waals surface area (Å²) in [7, 11) is -2.64. The Hall–Kier alpha value is -3.25. The molecule has 42 heavy (non-hydrogen) atoms. The number of hydrogen-bond donors (Lipinski definition) is 1. The number of benzene rings is 1. The second kappa shape index (κ2) is 11.8. The van der Waals surface area contributed by atoms with E-state index in [4.69, 9.17) is 15.5 Å². The zero-order valence-electron chi connectivity index (χ0n) is 25.5. The van der Waals surface area contributed by atoms with Gasteiger partial charge in [0, 0.05) is 56.8 Å². The summed E-state index contributed by atoms with van der Waals surface area (Å²) < 4.78 is 50.4. The van der Waals surface area contributed by atoms with Gasteiger partial charge in [0.15, 0.2) is 0 Å². The topological polar surface area (TPSA) is 126 Å². The molecular formula is C30H42FN5O5S. The van der Waals surface area contributed by atoms with E-state index in [0.29, 0.717) is 25.1 Å². The normalized spacial score (nSPS) is 20.7. The molecule has 10 nitrogen and oxygen atoms in total. The van der Waals surface area contributed by atoms with E-state index in [9.17, 15) is 22.4 Å². The van der Waals surface area contributed by atoms with Crippen molar-refractivity contribution >= 4 is 27.7 Å². The molecule has 2 atom stereocenters. The summed E-state index contributed by atoms with van der Waals surface area (Å²) in [6.07, 6.45) is 1.24. The summed E-state index contributed by atoms with van der Waals surface area (Å²) in [5.41, 5.74) is 5.74. The van der Waals surface area contributed by atoms with Gasteiger partial charge < -0.3 is 20.3 Å². The largest absolute Gasteiger partial charge is 0.493 e. The highest BCUT2D eigenvalue weighted by atomic mass is 32.2. The van der Waals surface area contributed by atoms with Crippen LogP contribution >= 0.6 is 0 Å². The molecule has 2 unspecified atom stereocenters. The molecule has 0 bridgehead atoms. The SMILES string of the molecule is CC(=O)N(C)C1CCN(S(=O)(=O)c2cc(-c3cc(F)cc(OCC(C)C)c3)nc(N3CC(C)CC3(C)C)c2C(N)=O)C1. The fourth-order valence-corrected chi connectivity index (χ4v) is 7.65. The molecule has 230 valence electrons. The van der Waals surface area contributed by atoms with Crippen LogP contribution in [0.25, 0.3) is 11.3 Å². The molecule has 12 heteroatoms. The number of likely N-dealkylation sites (N-methyl/N-ethyl adjacent to an activating group) is 1. The average molecular weight is 604 g/mol. The quantitative estimate of drug-likeness (QED) is 0.461. The van der Waals surface area contributed by atoms with Crippen molar-refractivity contribution in [3.8, 4) is 17.0 Å². The van der Waals surface area contributed by atoms with E-state index in [1.807, 2.05) is 32.6 Å². The van der Waals surface area contributed by atoms with Gasteiger partial charge in [0.1, 0.15) is 27.8 Å². The van der Waals surface area contributed by atoms with Crippen LogP contribution in [0.15, 0.2) is 29.2 Å². The van der Waals surface area contributed by atoms with Crippen molar-refractivity contribution < 1.29 is 27.1 Å². The molecule has 0 radical (unpaired) electrons. The minimum absolute atomic E-state index is 0.0724. The van der Waals surface area contributed by atoms with Gasteiger partial charge in [0.25, 0.3) is 5.91 Å². The van der Waals surface area contributed by atoms with E-state index >= 15 is 0 Å². The molecule has 2 aliphatic heterocycles. The van der Waals surface area contributed by atoms with Gasteiger partial charge in [-0.05, 0) is 56.7 Å². The summed E-state index contributed by atoms with van der Waals surface area (Å²) in [5.74, 6) is -0.764. The van der Waals surface area contributed by atoms with Crippen LogP contribution in [0.4, 0.5) is 10.2 Å². The molecule has 2 N–H and O–H groups in total. The van der Waals surface area contributed by atoms with Crippen molar-refractivity contribution in [1.82, 2.24) is 14.2 Å². The number of carbonyl (C=O) groups excluding carboxylic acids is 2. The lowest BCUT2D eigenvalue weighted by Gasteiger charge is -2.34. The van der Waals surface area contributed by atoms with Crippen molar-refractivity contribution in [1.29, 1.82) is 0 Å². The number of pyridine rings is 1. The maximum absolute atomic E-state index is 14.8. The van der Waals surface area contributed by atoms with Gasteiger partial charge in [-0.3, -0.25) is 9.59 Å². The molecule has 2 saturated heterocycles. The number of rotatable bonds is 9. The van der Waals surface area contributed by atoms with Crippen molar-refractivity contribution in [2.75, 3.05) is 38.2 Å². The Bertz CT molecular complexity index is 1480. The Labute approximate surface area is 248 Å². The predicted molar refractivity (Wildman–Crippen MR) is 159 cm³/mol. The first kappa shape index (κ1) is 31.7.